The number of benzene rings is 1. The summed E-state index contributed by atoms with van der Waals surface area (Å²) in [5.41, 5.74) is 2.79. The van der Waals surface area contributed by atoms with Gasteiger partial charge in [-0.1, -0.05) is 0 Å². The summed E-state index contributed by atoms with van der Waals surface area (Å²) in [6.45, 7) is 0.967. The predicted molar refractivity (Wildman–Crippen MR) is 130 cm³/mol. The van der Waals surface area contributed by atoms with Gasteiger partial charge in [0.1, 0.15) is 18.1 Å². The summed E-state index contributed by atoms with van der Waals surface area (Å²) in [6, 6.07) is 4.90. The van der Waals surface area contributed by atoms with E-state index in [1.54, 1.807) is 44.3 Å². The number of aryl methyl sites for hydroxylation is 2. The molecule has 0 spiro atoms. The van der Waals surface area contributed by atoms with Gasteiger partial charge in [-0.25, -0.2) is 18.7 Å². The van der Waals surface area contributed by atoms with Crippen LogP contribution in [0, 0.1) is 5.82 Å². The maximum Gasteiger partial charge on any atom is 0.334 e. The number of imidazole rings is 1. The summed E-state index contributed by atoms with van der Waals surface area (Å²) in [5.74, 6) is 0.0970. The van der Waals surface area contributed by atoms with Crippen molar-refractivity contribution in [3.63, 3.8) is 0 Å². The Bertz CT molecular complexity index is 1620. The molecular formula is C24H24FN7O3. The maximum atomic E-state index is 15.3. The highest BCUT2D eigenvalue weighted by Crippen LogP contribution is 2.36. The van der Waals surface area contributed by atoms with E-state index >= 15 is 4.39 Å². The molecular weight excluding hydrogens is 453 g/mol. The van der Waals surface area contributed by atoms with E-state index in [9.17, 15) is 4.79 Å². The summed E-state index contributed by atoms with van der Waals surface area (Å²) in [6.07, 6.45) is 6.59. The van der Waals surface area contributed by atoms with Gasteiger partial charge in [-0.2, -0.15) is 5.10 Å². The van der Waals surface area contributed by atoms with E-state index in [-0.39, 0.29) is 11.6 Å². The molecule has 35 heavy (non-hydrogen) atoms. The van der Waals surface area contributed by atoms with E-state index in [4.69, 9.17) is 9.47 Å². The van der Waals surface area contributed by atoms with Crippen molar-refractivity contribution >= 4 is 21.9 Å². The van der Waals surface area contributed by atoms with E-state index in [2.05, 4.69) is 20.4 Å². The average Bonchev–Trinajstić information content (AvgIpc) is 3.40. The van der Waals surface area contributed by atoms with Crippen molar-refractivity contribution in [3.8, 4) is 28.4 Å². The molecule has 0 saturated carbocycles. The number of pyridine rings is 2. The van der Waals surface area contributed by atoms with Gasteiger partial charge in [0.15, 0.2) is 11.6 Å². The zero-order chi connectivity index (χ0) is 24.7. The van der Waals surface area contributed by atoms with Gasteiger partial charge in [0.25, 0.3) is 0 Å². The highest BCUT2D eigenvalue weighted by Gasteiger charge is 2.21. The van der Waals surface area contributed by atoms with E-state index in [1.165, 1.54) is 21.4 Å². The molecule has 11 heteroatoms. The minimum Gasteiger partial charge on any atom is -0.496 e. The second kappa shape index (κ2) is 8.84. The molecule has 1 N–H and O–H groups in total. The number of hydrogen-bond acceptors (Lipinski definition) is 7. The van der Waals surface area contributed by atoms with Crippen molar-refractivity contribution in [2.75, 3.05) is 27.3 Å². The Hall–Kier alpha value is -4.25. The molecule has 5 aromatic rings. The number of hydrogen-bond donors (Lipinski definition) is 1. The smallest absolute Gasteiger partial charge is 0.334 e. The van der Waals surface area contributed by atoms with Crippen molar-refractivity contribution < 1.29 is 13.9 Å². The number of likely N-dealkylation sites (N-methyl/N-ethyl adjacent to an activating group) is 1. The molecule has 0 radical (unpaired) electrons. The molecule has 0 unspecified atom stereocenters. The van der Waals surface area contributed by atoms with Crippen LogP contribution < -0.4 is 20.5 Å². The zero-order valence-electron chi connectivity index (χ0n) is 19.7. The Morgan fingerprint density at radius 3 is 2.63 bits per heavy atom. The highest BCUT2D eigenvalue weighted by molar-refractivity contribution is 6.05. The van der Waals surface area contributed by atoms with Crippen LogP contribution in [0.5, 0.6) is 11.5 Å². The first-order valence-corrected chi connectivity index (χ1v) is 10.9. The Morgan fingerprint density at radius 2 is 1.94 bits per heavy atom. The van der Waals surface area contributed by atoms with E-state index in [0.29, 0.717) is 40.8 Å². The molecule has 0 aliphatic carbocycles. The number of methoxy groups -OCH3 is 1. The third-order valence-electron chi connectivity index (χ3n) is 5.85. The second-order valence-electron chi connectivity index (χ2n) is 8.07. The molecule has 0 bridgehead atoms. The lowest BCUT2D eigenvalue weighted by Crippen LogP contribution is -2.22. The number of aromatic nitrogens is 6. The molecule has 0 aliphatic heterocycles. The van der Waals surface area contributed by atoms with Gasteiger partial charge in [0.05, 0.1) is 42.3 Å². The van der Waals surface area contributed by atoms with Crippen LogP contribution in [0.15, 0.2) is 47.8 Å². The second-order valence-corrected chi connectivity index (χ2v) is 8.07. The fourth-order valence-electron chi connectivity index (χ4n) is 4.10. The van der Waals surface area contributed by atoms with E-state index in [0.717, 1.165) is 11.1 Å². The SMILES string of the molecule is CNCCOc1cnc(-n2c(=O)n(C)c3cnc4cc(OC)c(-c5cnn(C)c5)cc4c32)c(F)c1. The van der Waals surface area contributed by atoms with Crippen molar-refractivity contribution in [1.82, 2.24) is 34.2 Å². The number of halogens is 1. The fraction of sp³-hybridized carbons (Fsp3) is 0.250. The predicted octanol–water partition coefficient (Wildman–Crippen LogP) is 2.42. The van der Waals surface area contributed by atoms with E-state index in [1.807, 2.05) is 19.3 Å². The molecule has 180 valence electrons. The van der Waals surface area contributed by atoms with Gasteiger partial charge >= 0.3 is 5.69 Å². The molecule has 5 rings (SSSR count). The Balaban J connectivity index is 1.77. The third kappa shape index (κ3) is 3.79. The summed E-state index contributed by atoms with van der Waals surface area (Å²) in [4.78, 5) is 22.1. The largest absolute Gasteiger partial charge is 0.496 e. The lowest BCUT2D eigenvalue weighted by molar-refractivity contribution is 0.315. The van der Waals surface area contributed by atoms with Crippen LogP contribution >= 0.6 is 0 Å². The van der Waals surface area contributed by atoms with Crippen LogP contribution in [0.4, 0.5) is 4.39 Å². The van der Waals surface area contributed by atoms with Crippen LogP contribution in [0.25, 0.3) is 38.9 Å². The van der Waals surface area contributed by atoms with Crippen molar-refractivity contribution in [2.24, 2.45) is 14.1 Å². The van der Waals surface area contributed by atoms with Crippen molar-refractivity contribution in [2.45, 2.75) is 0 Å². The number of nitrogens with zero attached hydrogens (tertiary/aromatic N) is 6. The van der Waals surface area contributed by atoms with Crippen LogP contribution in [0.1, 0.15) is 0 Å². The summed E-state index contributed by atoms with van der Waals surface area (Å²) in [7, 11) is 6.82. The third-order valence-corrected chi connectivity index (χ3v) is 5.85. The molecule has 0 aliphatic rings. The number of ether oxygens (including phenoxy) is 2. The van der Waals surface area contributed by atoms with Crippen LogP contribution in [-0.4, -0.2) is 56.2 Å². The molecule has 10 nitrogen and oxygen atoms in total. The molecule has 0 atom stereocenters. The Morgan fingerprint density at radius 1 is 1.11 bits per heavy atom. The molecule has 1 aromatic carbocycles. The van der Waals surface area contributed by atoms with E-state index < -0.39 is 11.5 Å². The maximum absolute atomic E-state index is 15.3. The molecule has 0 amide bonds. The summed E-state index contributed by atoms with van der Waals surface area (Å²) < 4.78 is 30.8. The van der Waals surface area contributed by atoms with Crippen molar-refractivity contribution in [3.05, 3.63) is 59.3 Å². The average molecular weight is 478 g/mol. The number of fused-ring (bicyclic) bond motifs is 3. The van der Waals surface area contributed by atoms with Gasteiger partial charge in [-0.3, -0.25) is 14.2 Å². The van der Waals surface area contributed by atoms with Gasteiger partial charge in [0.2, 0.25) is 0 Å². The normalized spacial score (nSPS) is 11.5. The number of rotatable bonds is 7. The number of nitrogens with one attached hydrogen (secondary N) is 1. The lowest BCUT2D eigenvalue weighted by Gasteiger charge is -2.11. The first kappa shape index (κ1) is 22.5. The van der Waals surface area contributed by atoms with Gasteiger partial charge in [0, 0.05) is 55.5 Å². The topological polar surface area (TPSA) is 101 Å². The monoisotopic (exact) mass is 477 g/mol. The molecule has 4 aromatic heterocycles. The van der Waals surface area contributed by atoms with Gasteiger partial charge in [-0.05, 0) is 13.1 Å². The fourth-order valence-corrected chi connectivity index (χ4v) is 4.10. The minimum absolute atomic E-state index is 0.118. The van der Waals surface area contributed by atoms with Crippen LogP contribution in [0.2, 0.25) is 0 Å². The lowest BCUT2D eigenvalue weighted by atomic mass is 10.0. The Kier molecular flexibility index (Phi) is 5.69. The minimum atomic E-state index is -0.674. The summed E-state index contributed by atoms with van der Waals surface area (Å²) in [5, 5.41) is 7.86. The Labute approximate surface area is 199 Å². The molecule has 0 saturated heterocycles. The van der Waals surface area contributed by atoms with Crippen molar-refractivity contribution in [1.29, 1.82) is 0 Å². The summed E-state index contributed by atoms with van der Waals surface area (Å²) >= 11 is 0. The standard InChI is InChI=1S/C24H24FN7O3/c1-26-5-6-35-15-7-18(25)23(28-11-15)32-22-17-8-16(14-10-29-30(2)13-14)21(34-4)9-19(17)27-12-20(22)31(3)24(32)33/h7-13,26H,5-6H2,1-4H3. The van der Waals surface area contributed by atoms with Crippen LogP contribution in [0.3, 0.4) is 0 Å². The first-order chi connectivity index (χ1) is 16.9. The molecule has 0 fully saturated rings. The zero-order valence-corrected chi connectivity index (χ0v) is 19.7. The van der Waals surface area contributed by atoms with Crippen LogP contribution in [-0.2, 0) is 14.1 Å². The van der Waals surface area contributed by atoms with Gasteiger partial charge in [-0.15, -0.1) is 0 Å². The van der Waals surface area contributed by atoms with Gasteiger partial charge < -0.3 is 14.8 Å². The quantitative estimate of drug-likeness (QED) is 0.359. The first-order valence-electron chi connectivity index (χ1n) is 10.9. The molecule has 4 heterocycles. The highest BCUT2D eigenvalue weighted by atomic mass is 19.1.